The fourth-order valence-corrected chi connectivity index (χ4v) is 4.55. The molecule has 0 bridgehead atoms. The van der Waals surface area contributed by atoms with Crippen molar-refractivity contribution in [1.82, 2.24) is 15.0 Å². The lowest BCUT2D eigenvalue weighted by Gasteiger charge is -2.14. The Balaban J connectivity index is 1.65. The van der Waals surface area contributed by atoms with Gasteiger partial charge in [-0.2, -0.15) is 4.98 Å². The lowest BCUT2D eigenvalue weighted by atomic mass is 10.1. The van der Waals surface area contributed by atoms with Crippen LogP contribution < -0.4 is 29.6 Å². The molecule has 0 radical (unpaired) electrons. The Hall–Kier alpha value is -4.32. The number of nitrogens with one attached hydrogen (secondary N) is 2. The van der Waals surface area contributed by atoms with E-state index in [9.17, 15) is 9.90 Å². The fraction of sp³-hybridized carbons (Fsp3) is 0.280. The van der Waals surface area contributed by atoms with Gasteiger partial charge in [-0.3, -0.25) is 5.32 Å². The molecule has 194 valence electrons. The molecule has 0 aliphatic rings. The molecule has 11 nitrogen and oxygen atoms in total. The fourth-order valence-electron chi connectivity index (χ4n) is 3.75. The molecule has 2 heterocycles. The van der Waals surface area contributed by atoms with Crippen molar-refractivity contribution < 1.29 is 28.8 Å². The second-order valence-corrected chi connectivity index (χ2v) is 8.85. The number of aromatic nitrogens is 3. The third-order valence-corrected chi connectivity index (χ3v) is 6.63. The Morgan fingerprint density at radius 3 is 2.24 bits per heavy atom. The van der Waals surface area contributed by atoms with E-state index in [1.165, 1.54) is 0 Å². The Morgan fingerprint density at radius 1 is 0.919 bits per heavy atom. The average Bonchev–Trinajstić information content (AvgIpc) is 3.27. The number of anilines is 3. The molecule has 0 spiro atoms. The molecule has 0 atom stereocenters. The number of aromatic carboxylic acids is 1. The molecule has 37 heavy (non-hydrogen) atoms. The topological polar surface area (TPSA) is 137 Å². The van der Waals surface area contributed by atoms with Crippen LogP contribution in [0.4, 0.5) is 16.9 Å². The SMILES string of the molecule is COc1ccc(CCNc2nc(Nc3nc(C)c(C(=O)O)s3)nc3cc(OC)c(OC)cc23)cc1OC. The normalized spacial score (nSPS) is 10.7. The van der Waals surface area contributed by atoms with Crippen LogP contribution in [0.3, 0.4) is 0 Å². The Kier molecular flexibility index (Phi) is 7.77. The highest BCUT2D eigenvalue weighted by atomic mass is 32.1. The number of carbonyl (C=O) groups is 1. The third-order valence-electron chi connectivity index (χ3n) is 5.56. The van der Waals surface area contributed by atoms with Crippen LogP contribution in [0.5, 0.6) is 23.0 Å². The van der Waals surface area contributed by atoms with Crippen molar-refractivity contribution in [3.8, 4) is 23.0 Å². The summed E-state index contributed by atoms with van der Waals surface area (Å²) >= 11 is 1.02. The number of rotatable bonds is 11. The zero-order valence-electron chi connectivity index (χ0n) is 21.0. The second-order valence-electron chi connectivity index (χ2n) is 7.85. The van der Waals surface area contributed by atoms with Crippen molar-refractivity contribution in [2.75, 3.05) is 45.6 Å². The van der Waals surface area contributed by atoms with Crippen LogP contribution in [-0.4, -0.2) is 61.0 Å². The summed E-state index contributed by atoms with van der Waals surface area (Å²) in [6.07, 6.45) is 0.690. The molecule has 3 N–H and O–H groups in total. The van der Waals surface area contributed by atoms with Crippen LogP contribution in [-0.2, 0) is 6.42 Å². The smallest absolute Gasteiger partial charge is 0.347 e. The Bertz CT molecular complexity index is 1440. The number of ether oxygens (including phenoxy) is 4. The maximum absolute atomic E-state index is 11.4. The van der Waals surface area contributed by atoms with Gasteiger partial charge in [-0.25, -0.2) is 14.8 Å². The first-order chi connectivity index (χ1) is 17.9. The number of benzene rings is 2. The molecule has 4 aromatic rings. The molecule has 2 aromatic heterocycles. The number of hydrogen-bond acceptors (Lipinski definition) is 11. The monoisotopic (exact) mass is 525 g/mol. The summed E-state index contributed by atoms with van der Waals surface area (Å²) < 4.78 is 21.6. The number of thiazole rings is 1. The van der Waals surface area contributed by atoms with Gasteiger partial charge in [0.15, 0.2) is 28.1 Å². The van der Waals surface area contributed by atoms with E-state index in [1.54, 1.807) is 41.4 Å². The van der Waals surface area contributed by atoms with Crippen LogP contribution in [0.25, 0.3) is 10.9 Å². The Labute approximate surface area is 217 Å². The zero-order chi connectivity index (χ0) is 26.5. The van der Waals surface area contributed by atoms with Crippen molar-refractivity contribution in [2.24, 2.45) is 0 Å². The number of carboxylic acids is 1. The van der Waals surface area contributed by atoms with Crippen molar-refractivity contribution in [3.63, 3.8) is 0 Å². The van der Waals surface area contributed by atoms with Crippen LogP contribution in [0.1, 0.15) is 20.9 Å². The molecule has 0 saturated heterocycles. The van der Waals surface area contributed by atoms with Gasteiger partial charge in [-0.05, 0) is 37.1 Å². The predicted molar refractivity (Wildman–Crippen MR) is 141 cm³/mol. The largest absolute Gasteiger partial charge is 0.493 e. The minimum absolute atomic E-state index is 0.156. The average molecular weight is 526 g/mol. The summed E-state index contributed by atoms with van der Waals surface area (Å²) in [6.45, 7) is 2.21. The number of nitrogens with zero attached hydrogens (tertiary/aromatic N) is 3. The number of hydrogen-bond donors (Lipinski definition) is 3. The van der Waals surface area contributed by atoms with E-state index in [2.05, 4.69) is 25.6 Å². The molecule has 0 saturated carbocycles. The van der Waals surface area contributed by atoms with Gasteiger partial charge in [0.25, 0.3) is 0 Å². The summed E-state index contributed by atoms with van der Waals surface area (Å²) in [5.41, 5.74) is 2.08. The van der Waals surface area contributed by atoms with Gasteiger partial charge in [0, 0.05) is 18.0 Å². The minimum atomic E-state index is -1.03. The maximum atomic E-state index is 11.4. The molecule has 0 aliphatic heterocycles. The molecule has 0 aliphatic carbocycles. The maximum Gasteiger partial charge on any atom is 0.347 e. The highest BCUT2D eigenvalue weighted by Gasteiger charge is 2.17. The Morgan fingerprint density at radius 2 is 1.59 bits per heavy atom. The highest BCUT2D eigenvalue weighted by molar-refractivity contribution is 7.17. The van der Waals surface area contributed by atoms with Gasteiger partial charge in [0.2, 0.25) is 5.95 Å². The number of methoxy groups -OCH3 is 4. The van der Waals surface area contributed by atoms with E-state index in [-0.39, 0.29) is 10.8 Å². The first kappa shape index (κ1) is 25.8. The summed E-state index contributed by atoms with van der Waals surface area (Å²) in [5, 5.41) is 16.9. The predicted octanol–water partition coefficient (Wildman–Crippen LogP) is 4.53. The van der Waals surface area contributed by atoms with Gasteiger partial charge in [0.1, 0.15) is 10.7 Å². The first-order valence-electron chi connectivity index (χ1n) is 11.2. The van der Waals surface area contributed by atoms with Gasteiger partial charge in [-0.15, -0.1) is 0 Å². The molecular formula is C25H27N5O6S. The van der Waals surface area contributed by atoms with E-state index in [0.29, 0.717) is 58.1 Å². The van der Waals surface area contributed by atoms with Crippen LogP contribution >= 0.6 is 11.3 Å². The van der Waals surface area contributed by atoms with Crippen LogP contribution in [0.15, 0.2) is 30.3 Å². The van der Waals surface area contributed by atoms with E-state index in [1.807, 2.05) is 24.3 Å². The van der Waals surface area contributed by atoms with Gasteiger partial charge in [0.05, 0.1) is 39.6 Å². The quantitative estimate of drug-likeness (QED) is 0.255. The molecular weight excluding hydrogens is 498 g/mol. The summed E-state index contributed by atoms with van der Waals surface area (Å²) in [5.74, 6) is 2.20. The van der Waals surface area contributed by atoms with E-state index in [0.717, 1.165) is 22.3 Å². The zero-order valence-corrected chi connectivity index (χ0v) is 21.9. The standard InChI is InChI=1S/C25H27N5O6S/c1-13-21(23(31)32)37-25(27-13)30-24-28-16-12-20(36-5)19(35-4)11-15(16)22(29-24)26-9-8-14-6-7-17(33-2)18(10-14)34-3/h6-7,10-12H,8-9H2,1-5H3,(H,31,32)(H2,26,27,28,29,30). The third kappa shape index (κ3) is 5.59. The van der Waals surface area contributed by atoms with Gasteiger partial charge >= 0.3 is 5.97 Å². The van der Waals surface area contributed by atoms with Crippen molar-refractivity contribution >= 4 is 45.1 Å². The molecule has 0 unspecified atom stereocenters. The van der Waals surface area contributed by atoms with E-state index in [4.69, 9.17) is 18.9 Å². The highest BCUT2D eigenvalue weighted by Crippen LogP contribution is 2.35. The minimum Gasteiger partial charge on any atom is -0.493 e. The van der Waals surface area contributed by atoms with E-state index < -0.39 is 5.97 Å². The summed E-state index contributed by atoms with van der Waals surface area (Å²) in [6, 6.07) is 9.36. The molecule has 2 aromatic carbocycles. The van der Waals surface area contributed by atoms with Crippen LogP contribution in [0, 0.1) is 6.92 Å². The lowest BCUT2D eigenvalue weighted by Crippen LogP contribution is -2.09. The van der Waals surface area contributed by atoms with Crippen molar-refractivity contribution in [3.05, 3.63) is 46.5 Å². The second kappa shape index (κ2) is 11.2. The van der Waals surface area contributed by atoms with Gasteiger partial charge < -0.3 is 29.4 Å². The molecule has 0 amide bonds. The number of carboxylic acid groups (broad SMARTS) is 1. The number of fused-ring (bicyclic) bond motifs is 1. The van der Waals surface area contributed by atoms with Crippen molar-refractivity contribution in [1.29, 1.82) is 0 Å². The molecule has 4 rings (SSSR count). The molecule has 0 fully saturated rings. The number of aryl methyl sites for hydroxylation is 1. The lowest BCUT2D eigenvalue weighted by molar-refractivity contribution is 0.0701. The van der Waals surface area contributed by atoms with Gasteiger partial charge in [-0.1, -0.05) is 17.4 Å². The van der Waals surface area contributed by atoms with Crippen LogP contribution in [0.2, 0.25) is 0 Å². The molecule has 12 heteroatoms. The van der Waals surface area contributed by atoms with Crippen molar-refractivity contribution in [2.45, 2.75) is 13.3 Å². The summed E-state index contributed by atoms with van der Waals surface area (Å²) in [4.78, 5) is 25.1. The van der Waals surface area contributed by atoms with E-state index >= 15 is 0 Å². The first-order valence-corrected chi connectivity index (χ1v) is 12.0. The summed E-state index contributed by atoms with van der Waals surface area (Å²) in [7, 11) is 6.32.